The lowest BCUT2D eigenvalue weighted by Gasteiger charge is -2.25. The fraction of sp³-hybridized carbons (Fsp3) is 0.550. The summed E-state index contributed by atoms with van der Waals surface area (Å²) in [7, 11) is 6.04. The number of halogens is 1. The second-order valence-electron chi connectivity index (χ2n) is 7.22. The van der Waals surface area contributed by atoms with Gasteiger partial charge in [-0.2, -0.15) is 0 Å². The zero-order valence-electron chi connectivity index (χ0n) is 16.4. The van der Waals surface area contributed by atoms with Gasteiger partial charge in [-0.1, -0.05) is 18.2 Å². The summed E-state index contributed by atoms with van der Waals surface area (Å²) in [6.07, 6.45) is 5.77. The van der Waals surface area contributed by atoms with Crippen LogP contribution in [0.1, 0.15) is 17.5 Å². The summed E-state index contributed by atoms with van der Waals surface area (Å²) >= 11 is 0. The van der Waals surface area contributed by atoms with Gasteiger partial charge in [-0.15, -0.1) is 24.0 Å². The van der Waals surface area contributed by atoms with Gasteiger partial charge in [0, 0.05) is 65.6 Å². The molecule has 0 saturated carbocycles. The van der Waals surface area contributed by atoms with Crippen molar-refractivity contribution in [3.8, 4) is 0 Å². The third-order valence-corrected chi connectivity index (χ3v) is 5.32. The molecule has 1 saturated heterocycles. The molecule has 0 aromatic heterocycles. The maximum absolute atomic E-state index is 4.51. The second kappa shape index (κ2) is 9.60. The molecule has 0 aliphatic carbocycles. The van der Waals surface area contributed by atoms with Crippen LogP contribution in [-0.2, 0) is 6.54 Å². The second-order valence-corrected chi connectivity index (χ2v) is 7.22. The number of likely N-dealkylation sites (tertiary alicyclic amines) is 1. The maximum atomic E-state index is 4.51. The van der Waals surface area contributed by atoms with E-state index in [2.05, 4.69) is 76.4 Å². The van der Waals surface area contributed by atoms with Crippen LogP contribution in [0.2, 0.25) is 0 Å². The third kappa shape index (κ3) is 4.91. The highest BCUT2D eigenvalue weighted by atomic mass is 127. The topological polar surface area (TPSA) is 34.1 Å². The number of guanidine groups is 1. The maximum Gasteiger partial charge on any atom is 0.193 e. The molecule has 26 heavy (non-hydrogen) atoms. The van der Waals surface area contributed by atoms with Crippen LogP contribution in [0.15, 0.2) is 35.3 Å². The predicted octanol–water partition coefficient (Wildman–Crippen LogP) is 2.70. The number of hydrogen-bond donors (Lipinski definition) is 1. The quantitative estimate of drug-likeness (QED) is 0.318. The van der Waals surface area contributed by atoms with Crippen LogP contribution >= 0.6 is 24.0 Å². The molecule has 2 heterocycles. The van der Waals surface area contributed by atoms with E-state index in [1.54, 1.807) is 0 Å². The van der Waals surface area contributed by atoms with Crippen molar-refractivity contribution in [2.24, 2.45) is 4.99 Å². The lowest BCUT2D eigenvalue weighted by atomic mass is 10.1. The fourth-order valence-electron chi connectivity index (χ4n) is 3.69. The molecule has 0 bridgehead atoms. The first-order chi connectivity index (χ1) is 12.1. The van der Waals surface area contributed by atoms with Gasteiger partial charge in [0.2, 0.25) is 0 Å². The Morgan fingerprint density at radius 2 is 2.00 bits per heavy atom. The van der Waals surface area contributed by atoms with E-state index in [1.807, 2.05) is 7.05 Å². The van der Waals surface area contributed by atoms with Crippen molar-refractivity contribution in [1.82, 2.24) is 15.1 Å². The molecule has 0 radical (unpaired) electrons. The molecule has 144 valence electrons. The molecule has 0 spiro atoms. The number of hydrogen-bond acceptors (Lipinski definition) is 3. The average molecular weight is 469 g/mol. The summed E-state index contributed by atoms with van der Waals surface area (Å²) in [5.74, 6) is 1.02. The minimum atomic E-state index is 0. The number of anilines is 1. The summed E-state index contributed by atoms with van der Waals surface area (Å²) in [5, 5.41) is 3.56. The fourth-order valence-corrected chi connectivity index (χ4v) is 3.69. The van der Waals surface area contributed by atoms with E-state index in [0.717, 1.165) is 38.7 Å². The monoisotopic (exact) mass is 469 g/mol. The Balaban J connectivity index is 0.00000243. The third-order valence-electron chi connectivity index (χ3n) is 5.32. The van der Waals surface area contributed by atoms with Gasteiger partial charge in [0.1, 0.15) is 0 Å². The van der Waals surface area contributed by atoms with Crippen molar-refractivity contribution < 1.29 is 0 Å². The average Bonchev–Trinajstić information content (AvgIpc) is 3.27. The summed E-state index contributed by atoms with van der Waals surface area (Å²) in [5.41, 5.74) is 3.88. The van der Waals surface area contributed by atoms with Crippen LogP contribution < -0.4 is 10.2 Å². The minimum absolute atomic E-state index is 0. The van der Waals surface area contributed by atoms with E-state index >= 15 is 0 Å². The summed E-state index contributed by atoms with van der Waals surface area (Å²) in [6.45, 7) is 7.35. The van der Waals surface area contributed by atoms with Gasteiger partial charge in [-0.05, 0) is 36.6 Å². The molecule has 3 rings (SSSR count). The molecule has 1 unspecified atom stereocenters. The Hall–Kier alpha value is -1.28. The van der Waals surface area contributed by atoms with Crippen LogP contribution in [0.4, 0.5) is 5.69 Å². The largest absolute Gasteiger partial charge is 0.378 e. The van der Waals surface area contributed by atoms with Gasteiger partial charge >= 0.3 is 0 Å². The predicted molar refractivity (Wildman–Crippen MR) is 122 cm³/mol. The molecule has 2 aliphatic heterocycles. The van der Waals surface area contributed by atoms with E-state index in [4.69, 9.17) is 0 Å². The first-order valence-electron chi connectivity index (χ1n) is 9.20. The van der Waals surface area contributed by atoms with Crippen molar-refractivity contribution in [3.05, 3.63) is 41.5 Å². The Morgan fingerprint density at radius 3 is 2.62 bits per heavy atom. The summed E-state index contributed by atoms with van der Waals surface area (Å²) < 4.78 is 0. The van der Waals surface area contributed by atoms with Crippen molar-refractivity contribution in [3.63, 3.8) is 0 Å². The number of nitrogens with zero attached hydrogens (tertiary/aromatic N) is 4. The van der Waals surface area contributed by atoms with Crippen molar-refractivity contribution >= 4 is 35.6 Å². The zero-order valence-corrected chi connectivity index (χ0v) is 18.7. The molecule has 1 N–H and O–H groups in total. The zero-order chi connectivity index (χ0) is 17.8. The number of aryl methyl sites for hydroxylation is 1. The number of benzene rings is 1. The SMILES string of the molecule is CN=C(NCc1ccc(N(C)C)cc1C)N1CCC(N2CC=CC2)C1.I. The van der Waals surface area contributed by atoms with Crippen LogP contribution in [-0.4, -0.2) is 69.1 Å². The smallest absolute Gasteiger partial charge is 0.193 e. The molecule has 1 atom stereocenters. The van der Waals surface area contributed by atoms with Gasteiger partial charge in [0.05, 0.1) is 0 Å². The Bertz CT molecular complexity index is 648. The first kappa shape index (κ1) is 21.0. The number of nitrogens with one attached hydrogen (secondary N) is 1. The highest BCUT2D eigenvalue weighted by Gasteiger charge is 2.29. The number of rotatable bonds is 4. The van der Waals surface area contributed by atoms with E-state index in [-0.39, 0.29) is 24.0 Å². The van der Waals surface area contributed by atoms with Crippen LogP contribution in [0, 0.1) is 6.92 Å². The number of aliphatic imine (C=N–C) groups is 1. The molecule has 5 nitrogen and oxygen atoms in total. The minimum Gasteiger partial charge on any atom is -0.378 e. The summed E-state index contributed by atoms with van der Waals surface area (Å²) in [4.78, 5) is 11.6. The van der Waals surface area contributed by atoms with Crippen molar-refractivity contribution in [2.45, 2.75) is 25.9 Å². The standard InChI is InChI=1S/C20H31N5.HI/c1-16-13-18(23(3)4)8-7-17(16)14-22-20(21-2)25-12-9-19(15-25)24-10-5-6-11-24;/h5-8,13,19H,9-12,14-15H2,1-4H3,(H,21,22);1H. The van der Waals surface area contributed by atoms with Crippen LogP contribution in [0.25, 0.3) is 0 Å². The molecule has 1 fully saturated rings. The van der Waals surface area contributed by atoms with E-state index in [1.165, 1.54) is 23.2 Å². The van der Waals surface area contributed by atoms with Crippen LogP contribution in [0.3, 0.4) is 0 Å². The highest BCUT2D eigenvalue weighted by molar-refractivity contribution is 14.0. The van der Waals surface area contributed by atoms with Gasteiger partial charge in [-0.3, -0.25) is 9.89 Å². The molecular weight excluding hydrogens is 437 g/mol. The van der Waals surface area contributed by atoms with Crippen molar-refractivity contribution in [1.29, 1.82) is 0 Å². The normalized spacial score (nSPS) is 20.4. The Morgan fingerprint density at radius 1 is 1.27 bits per heavy atom. The van der Waals surface area contributed by atoms with Crippen LogP contribution in [0.5, 0.6) is 0 Å². The molecule has 0 amide bonds. The van der Waals surface area contributed by atoms with Gasteiger partial charge in [0.25, 0.3) is 0 Å². The van der Waals surface area contributed by atoms with Gasteiger partial charge < -0.3 is 15.1 Å². The molecule has 1 aromatic carbocycles. The molecular formula is C20H32IN5. The summed E-state index contributed by atoms with van der Waals surface area (Å²) in [6, 6.07) is 7.29. The van der Waals surface area contributed by atoms with E-state index < -0.39 is 0 Å². The molecule has 2 aliphatic rings. The van der Waals surface area contributed by atoms with E-state index in [9.17, 15) is 0 Å². The Kier molecular flexibility index (Phi) is 7.76. The molecule has 6 heteroatoms. The first-order valence-corrected chi connectivity index (χ1v) is 9.20. The lowest BCUT2D eigenvalue weighted by Crippen LogP contribution is -2.42. The molecule has 1 aromatic rings. The van der Waals surface area contributed by atoms with Crippen molar-refractivity contribution in [2.75, 3.05) is 52.2 Å². The van der Waals surface area contributed by atoms with Gasteiger partial charge in [0.15, 0.2) is 5.96 Å². The highest BCUT2D eigenvalue weighted by Crippen LogP contribution is 2.19. The van der Waals surface area contributed by atoms with Gasteiger partial charge in [-0.25, -0.2) is 0 Å². The van der Waals surface area contributed by atoms with E-state index in [0.29, 0.717) is 6.04 Å². The lowest BCUT2D eigenvalue weighted by molar-refractivity contribution is 0.259. The Labute approximate surface area is 175 Å².